The van der Waals surface area contributed by atoms with Gasteiger partial charge in [0.15, 0.2) is 0 Å². The second-order valence-electron chi connectivity index (χ2n) is 7.87. The van der Waals surface area contributed by atoms with E-state index in [1.165, 1.54) is 9.69 Å². The summed E-state index contributed by atoms with van der Waals surface area (Å²) in [5, 5.41) is 2.34. The molecule has 1 heterocycles. The van der Waals surface area contributed by atoms with Crippen LogP contribution in [-0.2, 0) is 21.4 Å². The Morgan fingerprint density at radius 3 is 2.27 bits per heavy atom. The third kappa shape index (κ3) is 4.25. The van der Waals surface area contributed by atoms with Crippen molar-refractivity contribution in [2.45, 2.75) is 24.3 Å². The summed E-state index contributed by atoms with van der Waals surface area (Å²) in [7, 11) is -1.67. The van der Waals surface area contributed by atoms with Gasteiger partial charge in [-0.05, 0) is 47.4 Å². The lowest BCUT2D eigenvalue weighted by molar-refractivity contribution is -0.135. The molecular weight excluding hydrogens is 396 g/mol. The van der Waals surface area contributed by atoms with E-state index in [-0.39, 0.29) is 11.8 Å². The molecule has 30 heavy (non-hydrogen) atoms. The van der Waals surface area contributed by atoms with Crippen LogP contribution in [0, 0.1) is 5.92 Å². The largest absolute Gasteiger partial charge is 0.341 e. The van der Waals surface area contributed by atoms with E-state index in [1.807, 2.05) is 19.2 Å². The summed E-state index contributed by atoms with van der Waals surface area (Å²) in [5.41, 5.74) is 1.09. The van der Waals surface area contributed by atoms with Crippen LogP contribution in [0.4, 0.5) is 0 Å². The fourth-order valence-corrected chi connectivity index (χ4v) is 5.58. The van der Waals surface area contributed by atoms with Gasteiger partial charge in [-0.2, -0.15) is 4.31 Å². The number of nitrogens with zero attached hydrogens (tertiary/aromatic N) is 2. The Morgan fingerprint density at radius 1 is 0.933 bits per heavy atom. The van der Waals surface area contributed by atoms with Crippen molar-refractivity contribution in [2.24, 2.45) is 5.92 Å². The van der Waals surface area contributed by atoms with Crippen molar-refractivity contribution < 1.29 is 13.2 Å². The number of hydrogen-bond acceptors (Lipinski definition) is 3. The molecule has 0 unspecified atom stereocenters. The zero-order valence-electron chi connectivity index (χ0n) is 17.1. The van der Waals surface area contributed by atoms with Gasteiger partial charge in [0.1, 0.15) is 0 Å². The monoisotopic (exact) mass is 422 g/mol. The smallest absolute Gasteiger partial charge is 0.243 e. The Kier molecular flexibility index (Phi) is 5.88. The molecule has 4 rings (SSSR count). The third-order valence-electron chi connectivity index (χ3n) is 5.79. The van der Waals surface area contributed by atoms with Crippen molar-refractivity contribution in [1.29, 1.82) is 0 Å². The van der Waals surface area contributed by atoms with Crippen molar-refractivity contribution in [3.63, 3.8) is 0 Å². The molecule has 0 bridgehead atoms. The van der Waals surface area contributed by atoms with Crippen molar-refractivity contribution >= 4 is 26.7 Å². The second-order valence-corrected chi connectivity index (χ2v) is 9.81. The number of amides is 1. The maximum atomic E-state index is 13.0. The predicted octanol–water partition coefficient (Wildman–Crippen LogP) is 3.90. The van der Waals surface area contributed by atoms with E-state index < -0.39 is 10.0 Å². The molecule has 0 spiro atoms. The molecule has 3 aromatic carbocycles. The highest BCUT2D eigenvalue weighted by atomic mass is 32.2. The first-order chi connectivity index (χ1) is 14.4. The van der Waals surface area contributed by atoms with Crippen LogP contribution < -0.4 is 0 Å². The first-order valence-corrected chi connectivity index (χ1v) is 11.7. The molecule has 1 saturated heterocycles. The van der Waals surface area contributed by atoms with E-state index >= 15 is 0 Å². The van der Waals surface area contributed by atoms with E-state index in [2.05, 4.69) is 30.3 Å². The van der Waals surface area contributed by atoms with Crippen molar-refractivity contribution in [1.82, 2.24) is 9.21 Å². The third-order valence-corrected chi connectivity index (χ3v) is 7.71. The molecule has 0 saturated carbocycles. The molecule has 1 fully saturated rings. The zero-order valence-corrected chi connectivity index (χ0v) is 17.9. The summed E-state index contributed by atoms with van der Waals surface area (Å²) < 4.78 is 27.0. The molecule has 6 heteroatoms. The molecule has 156 valence electrons. The van der Waals surface area contributed by atoms with Gasteiger partial charge in [0.25, 0.3) is 0 Å². The number of rotatable bonds is 5. The van der Waals surface area contributed by atoms with Crippen molar-refractivity contribution in [2.75, 3.05) is 20.1 Å². The highest BCUT2D eigenvalue weighted by Gasteiger charge is 2.33. The number of hydrogen-bond donors (Lipinski definition) is 0. The molecule has 0 radical (unpaired) electrons. The van der Waals surface area contributed by atoms with E-state index in [0.29, 0.717) is 37.4 Å². The normalized spacial score (nSPS) is 15.9. The van der Waals surface area contributed by atoms with Crippen LogP contribution >= 0.6 is 0 Å². The standard InChI is InChI=1S/C24H26N2O3S/c1-25(18-19-11-12-20-7-5-6-8-22(20)17-19)24(27)21-13-15-26(16-14-21)30(28,29)23-9-3-2-4-10-23/h2-12,17,21H,13-16,18H2,1H3. The van der Waals surface area contributed by atoms with Gasteiger partial charge in [-0.25, -0.2) is 8.42 Å². The highest BCUT2D eigenvalue weighted by Crippen LogP contribution is 2.25. The minimum absolute atomic E-state index is 0.0833. The van der Waals surface area contributed by atoms with Crippen molar-refractivity contribution in [3.8, 4) is 0 Å². The van der Waals surface area contributed by atoms with Gasteiger partial charge in [0, 0.05) is 32.6 Å². The average Bonchev–Trinajstić information content (AvgIpc) is 2.79. The Morgan fingerprint density at radius 2 is 1.57 bits per heavy atom. The number of fused-ring (bicyclic) bond motifs is 1. The van der Waals surface area contributed by atoms with Crippen molar-refractivity contribution in [3.05, 3.63) is 78.4 Å². The molecule has 1 aliphatic rings. The maximum absolute atomic E-state index is 13.0. The molecule has 1 amide bonds. The summed E-state index contributed by atoms with van der Waals surface area (Å²) >= 11 is 0. The molecule has 0 N–H and O–H groups in total. The summed E-state index contributed by atoms with van der Waals surface area (Å²) in [5.74, 6) is -0.0578. The summed E-state index contributed by atoms with van der Waals surface area (Å²) in [6, 6.07) is 22.9. The fraction of sp³-hybridized carbons (Fsp3) is 0.292. The van der Waals surface area contributed by atoms with Crippen LogP contribution in [0.2, 0.25) is 0 Å². The average molecular weight is 423 g/mol. The summed E-state index contributed by atoms with van der Waals surface area (Å²) in [6.45, 7) is 1.29. The number of piperidine rings is 1. The molecule has 3 aromatic rings. The van der Waals surface area contributed by atoms with Crippen LogP contribution in [0.15, 0.2) is 77.7 Å². The minimum atomic E-state index is -3.49. The summed E-state index contributed by atoms with van der Waals surface area (Å²) in [6.07, 6.45) is 1.10. The van der Waals surface area contributed by atoms with Crippen LogP contribution in [0.25, 0.3) is 10.8 Å². The Hall–Kier alpha value is -2.70. The molecule has 5 nitrogen and oxygen atoms in total. The molecule has 0 aliphatic carbocycles. The van der Waals surface area contributed by atoms with Gasteiger partial charge in [-0.3, -0.25) is 4.79 Å². The van der Waals surface area contributed by atoms with Crippen LogP contribution in [0.1, 0.15) is 18.4 Å². The van der Waals surface area contributed by atoms with Gasteiger partial charge in [0.05, 0.1) is 4.90 Å². The van der Waals surface area contributed by atoms with Crippen LogP contribution in [0.5, 0.6) is 0 Å². The first kappa shape index (κ1) is 20.6. The number of sulfonamides is 1. The maximum Gasteiger partial charge on any atom is 0.243 e. The lowest BCUT2D eigenvalue weighted by atomic mass is 9.96. The number of benzene rings is 3. The Balaban J connectivity index is 1.37. The minimum Gasteiger partial charge on any atom is -0.341 e. The lowest BCUT2D eigenvalue weighted by Crippen LogP contribution is -2.43. The number of carbonyl (C=O) groups excluding carboxylic acids is 1. The molecule has 1 aliphatic heterocycles. The Labute approximate surface area is 178 Å². The second kappa shape index (κ2) is 8.58. The van der Waals surface area contributed by atoms with E-state index in [4.69, 9.17) is 0 Å². The van der Waals surface area contributed by atoms with Gasteiger partial charge >= 0.3 is 0 Å². The highest BCUT2D eigenvalue weighted by molar-refractivity contribution is 7.89. The molecular formula is C24H26N2O3S. The van der Waals surface area contributed by atoms with Crippen LogP contribution in [0.3, 0.4) is 0 Å². The molecule has 0 atom stereocenters. The topological polar surface area (TPSA) is 57.7 Å². The first-order valence-electron chi connectivity index (χ1n) is 10.2. The predicted molar refractivity (Wildman–Crippen MR) is 118 cm³/mol. The molecule has 0 aromatic heterocycles. The van der Waals surface area contributed by atoms with Gasteiger partial charge in [-0.15, -0.1) is 0 Å². The number of carbonyl (C=O) groups is 1. The van der Waals surface area contributed by atoms with E-state index in [9.17, 15) is 13.2 Å². The zero-order chi connectivity index (χ0) is 21.1. The summed E-state index contributed by atoms with van der Waals surface area (Å²) in [4.78, 5) is 15.0. The Bertz CT molecular complexity index is 1140. The quantitative estimate of drug-likeness (QED) is 0.627. The fourth-order valence-electron chi connectivity index (χ4n) is 4.09. The lowest BCUT2D eigenvalue weighted by Gasteiger charge is -2.32. The van der Waals surface area contributed by atoms with E-state index in [0.717, 1.165) is 10.9 Å². The van der Waals surface area contributed by atoms with E-state index in [1.54, 1.807) is 35.2 Å². The van der Waals surface area contributed by atoms with Crippen LogP contribution in [-0.4, -0.2) is 43.7 Å². The van der Waals surface area contributed by atoms with Gasteiger partial charge < -0.3 is 4.90 Å². The van der Waals surface area contributed by atoms with Gasteiger partial charge in [0.2, 0.25) is 15.9 Å². The SMILES string of the molecule is CN(Cc1ccc2ccccc2c1)C(=O)C1CCN(S(=O)(=O)c2ccccc2)CC1. The van der Waals surface area contributed by atoms with Gasteiger partial charge in [-0.1, -0.05) is 54.6 Å².